The summed E-state index contributed by atoms with van der Waals surface area (Å²) in [6.45, 7) is 5.37. The number of aliphatic carboxylic acids is 1. The molecule has 1 atom stereocenters. The maximum atomic E-state index is 10.9. The molecule has 0 aliphatic carbocycles. The predicted molar refractivity (Wildman–Crippen MR) is 75.4 cm³/mol. The molecule has 6 nitrogen and oxygen atoms in total. The molecule has 1 N–H and O–H groups in total. The molecular weight excluding hydrogens is 278 g/mol. The summed E-state index contributed by atoms with van der Waals surface area (Å²) < 4.78 is 5.21. The van der Waals surface area contributed by atoms with Gasteiger partial charge >= 0.3 is 5.97 Å². The molecule has 0 radical (unpaired) electrons. The normalized spacial score (nSPS) is 12.8. The first-order chi connectivity index (χ1) is 9.60. The van der Waals surface area contributed by atoms with E-state index >= 15 is 0 Å². The van der Waals surface area contributed by atoms with Gasteiger partial charge in [-0.1, -0.05) is 25.1 Å². The van der Waals surface area contributed by atoms with E-state index in [-0.39, 0.29) is 0 Å². The van der Waals surface area contributed by atoms with Crippen LogP contribution in [0.2, 0.25) is 0 Å². The highest BCUT2D eigenvalue weighted by molar-refractivity contribution is 7.13. The van der Waals surface area contributed by atoms with E-state index in [1.54, 1.807) is 18.3 Å². The fraction of sp³-hybridized carbons (Fsp3) is 0.462. The highest BCUT2D eigenvalue weighted by atomic mass is 32.1. The van der Waals surface area contributed by atoms with Crippen molar-refractivity contribution in [2.24, 2.45) is 5.92 Å². The van der Waals surface area contributed by atoms with Gasteiger partial charge in [0.25, 0.3) is 5.89 Å². The van der Waals surface area contributed by atoms with Gasteiger partial charge in [0.1, 0.15) is 0 Å². The summed E-state index contributed by atoms with van der Waals surface area (Å²) in [5.41, 5.74) is 0. The number of hydrogen-bond acceptors (Lipinski definition) is 6. The molecule has 0 spiro atoms. The van der Waals surface area contributed by atoms with Gasteiger partial charge in [0.05, 0.1) is 17.3 Å². The van der Waals surface area contributed by atoms with Crippen molar-refractivity contribution in [3.63, 3.8) is 0 Å². The SMILES string of the molecule is CCN(Cc1noc(-c2cccs2)n1)CC(C)C(=O)O. The maximum absolute atomic E-state index is 10.9. The number of carbonyl (C=O) groups is 1. The molecule has 7 heteroatoms. The van der Waals surface area contributed by atoms with Crippen LogP contribution in [0.25, 0.3) is 10.8 Å². The first-order valence-corrected chi connectivity index (χ1v) is 7.29. The third-order valence-electron chi connectivity index (χ3n) is 2.97. The Labute approximate surface area is 121 Å². The average molecular weight is 295 g/mol. The van der Waals surface area contributed by atoms with Gasteiger partial charge < -0.3 is 9.63 Å². The molecule has 0 aromatic carbocycles. The summed E-state index contributed by atoms with van der Waals surface area (Å²) in [6, 6.07) is 3.85. The first kappa shape index (κ1) is 14.7. The molecule has 0 aliphatic heterocycles. The highest BCUT2D eigenvalue weighted by Gasteiger charge is 2.17. The van der Waals surface area contributed by atoms with Gasteiger partial charge in [-0.3, -0.25) is 9.69 Å². The number of rotatable bonds is 7. The molecule has 0 saturated carbocycles. The summed E-state index contributed by atoms with van der Waals surface area (Å²) in [5.74, 6) is -0.125. The predicted octanol–water partition coefficient (Wildman–Crippen LogP) is 2.34. The van der Waals surface area contributed by atoms with Crippen molar-refractivity contribution in [3.05, 3.63) is 23.3 Å². The fourth-order valence-electron chi connectivity index (χ4n) is 1.79. The molecular formula is C13H17N3O3S. The Kier molecular flexibility index (Phi) is 4.86. The molecule has 0 amide bonds. The fourth-order valence-corrected chi connectivity index (χ4v) is 2.43. The summed E-state index contributed by atoms with van der Waals surface area (Å²) in [4.78, 5) is 18.1. The Hall–Kier alpha value is -1.73. The molecule has 0 fully saturated rings. The lowest BCUT2D eigenvalue weighted by atomic mass is 10.1. The quantitative estimate of drug-likeness (QED) is 0.844. The van der Waals surface area contributed by atoms with Gasteiger partial charge in [0.15, 0.2) is 5.82 Å². The van der Waals surface area contributed by atoms with Crippen LogP contribution >= 0.6 is 11.3 Å². The van der Waals surface area contributed by atoms with Crippen molar-refractivity contribution >= 4 is 17.3 Å². The van der Waals surface area contributed by atoms with Crippen molar-refractivity contribution in [1.29, 1.82) is 0 Å². The van der Waals surface area contributed by atoms with Crippen molar-refractivity contribution < 1.29 is 14.4 Å². The zero-order valence-corrected chi connectivity index (χ0v) is 12.3. The number of hydrogen-bond donors (Lipinski definition) is 1. The van der Waals surface area contributed by atoms with Crippen LogP contribution in [0.5, 0.6) is 0 Å². The Bertz CT molecular complexity index is 553. The van der Waals surface area contributed by atoms with Crippen molar-refractivity contribution in [2.45, 2.75) is 20.4 Å². The third-order valence-corrected chi connectivity index (χ3v) is 3.82. The summed E-state index contributed by atoms with van der Waals surface area (Å²) in [5, 5.41) is 14.8. The van der Waals surface area contributed by atoms with E-state index in [0.717, 1.165) is 11.4 Å². The Morgan fingerprint density at radius 2 is 2.40 bits per heavy atom. The zero-order valence-electron chi connectivity index (χ0n) is 11.4. The van der Waals surface area contributed by atoms with E-state index in [2.05, 4.69) is 10.1 Å². The highest BCUT2D eigenvalue weighted by Crippen LogP contribution is 2.22. The van der Waals surface area contributed by atoms with Crippen LogP contribution in [-0.2, 0) is 11.3 Å². The van der Waals surface area contributed by atoms with Gasteiger partial charge in [-0.25, -0.2) is 0 Å². The molecule has 0 bridgehead atoms. The topological polar surface area (TPSA) is 79.5 Å². The number of thiophene rings is 1. The zero-order chi connectivity index (χ0) is 14.5. The number of aromatic nitrogens is 2. The van der Waals surface area contributed by atoms with Crippen LogP contribution in [0.15, 0.2) is 22.0 Å². The van der Waals surface area contributed by atoms with Crippen molar-refractivity contribution in [2.75, 3.05) is 13.1 Å². The second-order valence-corrected chi connectivity index (χ2v) is 5.51. The number of carboxylic acid groups (broad SMARTS) is 1. The largest absolute Gasteiger partial charge is 0.481 e. The Morgan fingerprint density at radius 3 is 3.00 bits per heavy atom. The Balaban J connectivity index is 1.99. The van der Waals surface area contributed by atoms with E-state index < -0.39 is 11.9 Å². The van der Waals surface area contributed by atoms with Gasteiger partial charge in [-0.2, -0.15) is 4.98 Å². The van der Waals surface area contributed by atoms with Crippen LogP contribution in [-0.4, -0.2) is 39.2 Å². The molecule has 0 saturated heterocycles. The lowest BCUT2D eigenvalue weighted by Crippen LogP contribution is -2.31. The lowest BCUT2D eigenvalue weighted by molar-refractivity contribution is -0.141. The summed E-state index contributed by atoms with van der Waals surface area (Å²) in [6.07, 6.45) is 0. The van der Waals surface area contributed by atoms with E-state index in [9.17, 15) is 4.79 Å². The molecule has 20 heavy (non-hydrogen) atoms. The molecule has 0 aliphatic rings. The van der Waals surface area contributed by atoms with Crippen molar-refractivity contribution in [1.82, 2.24) is 15.0 Å². The molecule has 2 aromatic heterocycles. The molecule has 2 heterocycles. The van der Waals surface area contributed by atoms with Gasteiger partial charge in [-0.15, -0.1) is 11.3 Å². The van der Waals surface area contributed by atoms with Crippen LogP contribution < -0.4 is 0 Å². The molecule has 2 aromatic rings. The minimum Gasteiger partial charge on any atom is -0.481 e. The standard InChI is InChI=1S/C13H17N3O3S/c1-3-16(7-9(2)13(17)18)8-11-14-12(19-15-11)10-5-4-6-20-10/h4-6,9H,3,7-8H2,1-2H3,(H,17,18). The van der Waals surface area contributed by atoms with Gasteiger partial charge in [-0.05, 0) is 18.0 Å². The number of carboxylic acids is 1. The monoisotopic (exact) mass is 295 g/mol. The second-order valence-electron chi connectivity index (χ2n) is 4.56. The van der Waals surface area contributed by atoms with E-state index in [4.69, 9.17) is 9.63 Å². The third kappa shape index (κ3) is 3.64. The Morgan fingerprint density at radius 1 is 1.60 bits per heavy atom. The van der Waals surface area contributed by atoms with Crippen LogP contribution in [0.3, 0.4) is 0 Å². The van der Waals surface area contributed by atoms with Gasteiger partial charge in [0, 0.05) is 6.54 Å². The van der Waals surface area contributed by atoms with E-state index in [1.165, 1.54) is 0 Å². The van der Waals surface area contributed by atoms with Gasteiger partial charge in [0.2, 0.25) is 0 Å². The van der Waals surface area contributed by atoms with Crippen LogP contribution in [0.1, 0.15) is 19.7 Å². The average Bonchev–Trinajstić information content (AvgIpc) is 3.08. The minimum absolute atomic E-state index is 0.418. The van der Waals surface area contributed by atoms with Crippen LogP contribution in [0, 0.1) is 5.92 Å². The number of nitrogens with zero attached hydrogens (tertiary/aromatic N) is 3. The minimum atomic E-state index is -0.796. The molecule has 108 valence electrons. The van der Waals surface area contributed by atoms with Crippen LogP contribution in [0.4, 0.5) is 0 Å². The first-order valence-electron chi connectivity index (χ1n) is 6.41. The van der Waals surface area contributed by atoms with E-state index in [1.807, 2.05) is 29.3 Å². The van der Waals surface area contributed by atoms with E-state index in [0.29, 0.717) is 24.8 Å². The lowest BCUT2D eigenvalue weighted by Gasteiger charge is -2.20. The smallest absolute Gasteiger partial charge is 0.307 e. The molecule has 2 rings (SSSR count). The van der Waals surface area contributed by atoms with Crippen molar-refractivity contribution in [3.8, 4) is 10.8 Å². The summed E-state index contributed by atoms with van der Waals surface area (Å²) >= 11 is 1.54. The second kappa shape index (κ2) is 6.62. The molecule has 1 unspecified atom stereocenters. The summed E-state index contributed by atoms with van der Waals surface area (Å²) in [7, 11) is 0. The maximum Gasteiger partial charge on any atom is 0.307 e.